The molecule has 0 aromatic heterocycles. The molecular formula is C17H12Cl2N2O5. The summed E-state index contributed by atoms with van der Waals surface area (Å²) in [6.45, 7) is 3.25. The zero-order chi connectivity index (χ0) is 19.3. The first-order valence-electron chi connectivity index (χ1n) is 7.14. The molecule has 0 aliphatic heterocycles. The van der Waals surface area contributed by atoms with E-state index in [1.807, 2.05) is 0 Å². The van der Waals surface area contributed by atoms with Gasteiger partial charge in [-0.25, -0.2) is 4.79 Å². The van der Waals surface area contributed by atoms with Gasteiger partial charge in [-0.3, -0.25) is 14.9 Å². The summed E-state index contributed by atoms with van der Waals surface area (Å²) in [7, 11) is 0. The number of benzene rings is 2. The van der Waals surface area contributed by atoms with Gasteiger partial charge in [-0.15, -0.1) is 0 Å². The third kappa shape index (κ3) is 4.81. The molecule has 7 nitrogen and oxygen atoms in total. The second-order valence-corrected chi connectivity index (χ2v) is 5.96. The monoisotopic (exact) mass is 394 g/mol. The Labute approximate surface area is 158 Å². The molecule has 0 aliphatic rings. The molecule has 0 fully saturated rings. The average molecular weight is 395 g/mol. The number of carbonyl (C=O) groups is 2. The van der Waals surface area contributed by atoms with Gasteiger partial charge in [-0.1, -0.05) is 41.9 Å². The molecule has 134 valence electrons. The average Bonchev–Trinajstić information content (AvgIpc) is 2.59. The van der Waals surface area contributed by atoms with Crippen LogP contribution in [0.4, 0.5) is 11.4 Å². The van der Waals surface area contributed by atoms with E-state index >= 15 is 0 Å². The molecule has 0 heterocycles. The largest absolute Gasteiger partial charge is 0.456 e. The molecule has 1 N–H and O–H groups in total. The number of anilines is 1. The fourth-order valence-electron chi connectivity index (χ4n) is 1.98. The molecule has 0 bridgehead atoms. The second-order valence-electron chi connectivity index (χ2n) is 5.01. The van der Waals surface area contributed by atoms with E-state index in [9.17, 15) is 19.7 Å². The quantitative estimate of drug-likeness (QED) is 0.444. The second kappa shape index (κ2) is 8.46. The zero-order valence-corrected chi connectivity index (χ0v) is 14.7. The third-order valence-corrected chi connectivity index (χ3v) is 3.58. The lowest BCUT2D eigenvalue weighted by Crippen LogP contribution is -2.16. The van der Waals surface area contributed by atoms with Gasteiger partial charge in [-0.2, -0.15) is 0 Å². The van der Waals surface area contributed by atoms with E-state index in [0.717, 1.165) is 12.1 Å². The van der Waals surface area contributed by atoms with Crippen molar-refractivity contribution in [2.45, 2.75) is 0 Å². The van der Waals surface area contributed by atoms with Gasteiger partial charge in [0.25, 0.3) is 11.6 Å². The molecule has 0 aliphatic carbocycles. The highest BCUT2D eigenvalue weighted by Gasteiger charge is 2.18. The van der Waals surface area contributed by atoms with Crippen molar-refractivity contribution in [1.29, 1.82) is 0 Å². The molecule has 2 aromatic rings. The summed E-state index contributed by atoms with van der Waals surface area (Å²) in [5.41, 5.74) is 0.0836. The van der Waals surface area contributed by atoms with E-state index in [4.69, 9.17) is 27.9 Å². The van der Waals surface area contributed by atoms with Crippen LogP contribution in [-0.4, -0.2) is 23.4 Å². The van der Waals surface area contributed by atoms with Crippen molar-refractivity contribution in [3.63, 3.8) is 0 Å². The van der Waals surface area contributed by atoms with Crippen LogP contribution < -0.4 is 5.32 Å². The number of esters is 1. The molecule has 9 heteroatoms. The lowest BCUT2D eigenvalue weighted by atomic mass is 10.1. The Kier molecular flexibility index (Phi) is 6.32. The van der Waals surface area contributed by atoms with Gasteiger partial charge in [0, 0.05) is 17.2 Å². The zero-order valence-electron chi connectivity index (χ0n) is 13.2. The number of hydrogen-bond donors (Lipinski definition) is 1. The molecule has 0 unspecified atom stereocenters. The Morgan fingerprint density at radius 1 is 1.19 bits per heavy atom. The minimum absolute atomic E-state index is 0.0228. The van der Waals surface area contributed by atoms with Crippen molar-refractivity contribution in [3.05, 3.63) is 80.3 Å². The maximum atomic E-state index is 12.4. The van der Waals surface area contributed by atoms with Gasteiger partial charge in [0.2, 0.25) is 0 Å². The highest BCUT2D eigenvalue weighted by Crippen LogP contribution is 2.24. The van der Waals surface area contributed by atoms with Gasteiger partial charge < -0.3 is 10.1 Å². The standard InChI is InChI=1S/C17H12Cl2N2O5/c1-10(18)9-26-17(23)13-4-2-3-5-15(13)20-16(22)12-7-6-11(21(24)25)8-14(12)19/h2-8H,1,9H2,(H,20,22). The van der Waals surface area contributed by atoms with Crippen LogP contribution in [0.25, 0.3) is 0 Å². The van der Waals surface area contributed by atoms with Crippen molar-refractivity contribution in [3.8, 4) is 0 Å². The molecule has 0 radical (unpaired) electrons. The number of non-ortho nitro benzene ring substituents is 1. The number of nitro groups is 1. The van der Waals surface area contributed by atoms with E-state index in [1.165, 1.54) is 18.2 Å². The molecule has 1 amide bonds. The van der Waals surface area contributed by atoms with Crippen molar-refractivity contribution in [1.82, 2.24) is 0 Å². The number of halogens is 2. The maximum absolute atomic E-state index is 12.4. The Hall–Kier alpha value is -2.90. The Morgan fingerprint density at radius 3 is 2.50 bits per heavy atom. The number of nitro benzene ring substituents is 1. The van der Waals surface area contributed by atoms with Gasteiger partial charge in [0.1, 0.15) is 6.61 Å². The van der Waals surface area contributed by atoms with Gasteiger partial charge in [-0.05, 0) is 18.2 Å². The summed E-state index contributed by atoms with van der Waals surface area (Å²) < 4.78 is 4.96. The minimum Gasteiger partial charge on any atom is -0.456 e. The van der Waals surface area contributed by atoms with Crippen molar-refractivity contribution >= 4 is 46.5 Å². The first-order chi connectivity index (χ1) is 12.3. The molecule has 0 saturated heterocycles. The predicted molar refractivity (Wildman–Crippen MR) is 97.8 cm³/mol. The highest BCUT2D eigenvalue weighted by atomic mass is 35.5. The van der Waals surface area contributed by atoms with E-state index in [0.29, 0.717) is 0 Å². The number of nitrogens with zero attached hydrogens (tertiary/aromatic N) is 1. The van der Waals surface area contributed by atoms with Crippen LogP contribution in [-0.2, 0) is 4.74 Å². The summed E-state index contributed by atoms with van der Waals surface area (Å²) in [6, 6.07) is 9.64. The molecule has 2 aromatic carbocycles. The molecule has 0 atom stereocenters. The fourth-order valence-corrected chi connectivity index (χ4v) is 2.30. The van der Waals surface area contributed by atoms with Gasteiger partial charge >= 0.3 is 5.97 Å². The number of para-hydroxylation sites is 1. The summed E-state index contributed by atoms with van der Waals surface area (Å²) in [5, 5.41) is 13.3. The van der Waals surface area contributed by atoms with Crippen molar-refractivity contribution < 1.29 is 19.2 Å². The summed E-state index contributed by atoms with van der Waals surface area (Å²) in [5.74, 6) is -1.33. The summed E-state index contributed by atoms with van der Waals surface area (Å²) in [6.07, 6.45) is 0. The third-order valence-electron chi connectivity index (χ3n) is 3.16. The number of amides is 1. The van der Waals surface area contributed by atoms with Crippen LogP contribution in [0, 0.1) is 10.1 Å². The van der Waals surface area contributed by atoms with Crippen molar-refractivity contribution in [2.24, 2.45) is 0 Å². The van der Waals surface area contributed by atoms with E-state index in [-0.39, 0.29) is 39.2 Å². The Balaban J connectivity index is 2.23. The Morgan fingerprint density at radius 2 is 1.88 bits per heavy atom. The molecular weight excluding hydrogens is 383 g/mol. The van der Waals surface area contributed by atoms with Crippen LogP contribution >= 0.6 is 23.2 Å². The molecule has 26 heavy (non-hydrogen) atoms. The summed E-state index contributed by atoms with van der Waals surface area (Å²) in [4.78, 5) is 34.6. The van der Waals surface area contributed by atoms with E-state index < -0.39 is 16.8 Å². The van der Waals surface area contributed by atoms with E-state index in [2.05, 4.69) is 11.9 Å². The predicted octanol–water partition coefficient (Wildman–Crippen LogP) is 4.41. The highest BCUT2D eigenvalue weighted by molar-refractivity contribution is 6.34. The lowest BCUT2D eigenvalue weighted by Gasteiger charge is -2.11. The Bertz CT molecular complexity index is 898. The molecule has 2 rings (SSSR count). The topological polar surface area (TPSA) is 98.5 Å². The van der Waals surface area contributed by atoms with Crippen LogP contribution in [0.5, 0.6) is 0 Å². The van der Waals surface area contributed by atoms with Crippen LogP contribution in [0.1, 0.15) is 20.7 Å². The number of ether oxygens (including phenoxy) is 1. The number of carbonyl (C=O) groups excluding carboxylic acids is 2. The van der Waals surface area contributed by atoms with Crippen LogP contribution in [0.15, 0.2) is 54.1 Å². The normalized spacial score (nSPS) is 10.1. The van der Waals surface area contributed by atoms with Gasteiger partial charge in [0.15, 0.2) is 0 Å². The first-order valence-corrected chi connectivity index (χ1v) is 7.90. The molecule has 0 spiro atoms. The smallest absolute Gasteiger partial charge is 0.340 e. The van der Waals surface area contributed by atoms with Crippen molar-refractivity contribution in [2.75, 3.05) is 11.9 Å². The lowest BCUT2D eigenvalue weighted by molar-refractivity contribution is -0.384. The van der Waals surface area contributed by atoms with Crippen LogP contribution in [0.2, 0.25) is 5.02 Å². The number of rotatable bonds is 6. The van der Waals surface area contributed by atoms with E-state index in [1.54, 1.807) is 12.1 Å². The summed E-state index contributed by atoms with van der Waals surface area (Å²) >= 11 is 11.5. The van der Waals surface area contributed by atoms with Gasteiger partial charge in [0.05, 0.1) is 26.8 Å². The maximum Gasteiger partial charge on any atom is 0.340 e. The van der Waals surface area contributed by atoms with Crippen LogP contribution in [0.3, 0.4) is 0 Å². The SMILES string of the molecule is C=C(Cl)COC(=O)c1ccccc1NC(=O)c1ccc([N+](=O)[O-])cc1Cl. The fraction of sp³-hybridized carbons (Fsp3) is 0.0588. The minimum atomic E-state index is -0.697. The number of nitrogens with one attached hydrogen (secondary N) is 1. The first kappa shape index (κ1) is 19.4. The number of hydrogen-bond acceptors (Lipinski definition) is 5. The molecule has 0 saturated carbocycles.